The predicted molar refractivity (Wildman–Crippen MR) is 64.5 cm³/mol. The lowest BCUT2D eigenvalue weighted by Crippen LogP contribution is -2.30. The van der Waals surface area contributed by atoms with Gasteiger partial charge < -0.3 is 10.1 Å². The molecule has 3 nitrogen and oxygen atoms in total. The first-order valence-corrected chi connectivity index (χ1v) is 5.72. The summed E-state index contributed by atoms with van der Waals surface area (Å²) in [5.41, 5.74) is 0.865. The van der Waals surface area contributed by atoms with E-state index >= 15 is 0 Å². The zero-order valence-electron chi connectivity index (χ0n) is 9.50. The van der Waals surface area contributed by atoms with Crippen LogP contribution in [-0.2, 0) is 9.53 Å². The van der Waals surface area contributed by atoms with E-state index in [-0.39, 0.29) is 5.97 Å². The van der Waals surface area contributed by atoms with E-state index in [4.69, 9.17) is 16.3 Å². The van der Waals surface area contributed by atoms with Gasteiger partial charge in [-0.2, -0.15) is 0 Å². The second-order valence-corrected chi connectivity index (χ2v) is 3.73. The lowest BCUT2D eigenvalue weighted by atomic mass is 10.1. The smallest absolute Gasteiger partial charge is 0.327 e. The average Bonchev–Trinajstić information content (AvgIpc) is 2.28. The predicted octanol–water partition coefficient (Wildman–Crippen LogP) is 2.55. The third-order valence-electron chi connectivity index (χ3n) is 2.13. The van der Waals surface area contributed by atoms with Gasteiger partial charge in [0, 0.05) is 5.02 Å². The van der Waals surface area contributed by atoms with Crippen molar-refractivity contribution in [2.45, 2.75) is 19.9 Å². The number of hydrogen-bond donors (Lipinski definition) is 1. The molecule has 1 aromatic rings. The Morgan fingerprint density at radius 2 is 2.00 bits per heavy atom. The molecule has 1 unspecified atom stereocenters. The molecular weight excluding hydrogens is 226 g/mol. The van der Waals surface area contributed by atoms with Crippen LogP contribution >= 0.6 is 11.6 Å². The largest absolute Gasteiger partial charge is 0.465 e. The van der Waals surface area contributed by atoms with Crippen molar-refractivity contribution in [1.29, 1.82) is 0 Å². The van der Waals surface area contributed by atoms with Gasteiger partial charge in [0.2, 0.25) is 0 Å². The number of rotatable bonds is 5. The zero-order chi connectivity index (χ0) is 12.0. The van der Waals surface area contributed by atoms with Crippen LogP contribution in [0, 0.1) is 0 Å². The molecule has 0 aromatic heterocycles. The van der Waals surface area contributed by atoms with Crippen LogP contribution in [0.4, 0.5) is 0 Å². The summed E-state index contributed by atoms with van der Waals surface area (Å²) in [6.45, 7) is 4.82. The Kier molecular flexibility index (Phi) is 5.29. The van der Waals surface area contributed by atoms with E-state index in [1.54, 1.807) is 19.1 Å². The van der Waals surface area contributed by atoms with Gasteiger partial charge in [0.05, 0.1) is 6.61 Å². The number of carbonyl (C=O) groups is 1. The summed E-state index contributed by atoms with van der Waals surface area (Å²) in [7, 11) is 0. The van der Waals surface area contributed by atoms with E-state index in [2.05, 4.69) is 5.32 Å². The van der Waals surface area contributed by atoms with Crippen LogP contribution in [0.25, 0.3) is 0 Å². The van der Waals surface area contributed by atoms with Gasteiger partial charge in [-0.25, -0.2) is 4.79 Å². The lowest BCUT2D eigenvalue weighted by molar-refractivity contribution is -0.145. The van der Waals surface area contributed by atoms with E-state index in [0.29, 0.717) is 18.2 Å². The highest BCUT2D eigenvalue weighted by Gasteiger charge is 2.20. The normalized spacial score (nSPS) is 12.2. The van der Waals surface area contributed by atoms with Crippen molar-refractivity contribution in [3.8, 4) is 0 Å². The van der Waals surface area contributed by atoms with Crippen LogP contribution in [0.15, 0.2) is 24.3 Å². The molecule has 1 rings (SSSR count). The second kappa shape index (κ2) is 6.51. The van der Waals surface area contributed by atoms with Crippen LogP contribution in [0.5, 0.6) is 0 Å². The molecule has 0 aliphatic carbocycles. The Labute approximate surface area is 101 Å². The van der Waals surface area contributed by atoms with Crippen molar-refractivity contribution in [2.24, 2.45) is 0 Å². The summed E-state index contributed by atoms with van der Waals surface area (Å²) in [4.78, 5) is 11.7. The summed E-state index contributed by atoms with van der Waals surface area (Å²) < 4.78 is 5.01. The number of carbonyl (C=O) groups excluding carboxylic acids is 1. The molecule has 0 heterocycles. The summed E-state index contributed by atoms with van der Waals surface area (Å²) in [6, 6.07) is 6.77. The van der Waals surface area contributed by atoms with Crippen LogP contribution in [-0.4, -0.2) is 19.1 Å². The Balaban J connectivity index is 2.84. The van der Waals surface area contributed by atoms with Gasteiger partial charge in [-0.05, 0) is 31.2 Å². The molecule has 0 spiro atoms. The van der Waals surface area contributed by atoms with E-state index in [9.17, 15) is 4.79 Å². The third kappa shape index (κ3) is 3.51. The molecule has 0 bridgehead atoms. The van der Waals surface area contributed by atoms with Gasteiger partial charge >= 0.3 is 5.97 Å². The van der Waals surface area contributed by atoms with Crippen molar-refractivity contribution in [1.82, 2.24) is 5.32 Å². The second-order valence-electron chi connectivity index (χ2n) is 3.29. The van der Waals surface area contributed by atoms with E-state index < -0.39 is 6.04 Å². The van der Waals surface area contributed by atoms with Crippen molar-refractivity contribution in [2.75, 3.05) is 13.2 Å². The van der Waals surface area contributed by atoms with Crippen LogP contribution in [0.2, 0.25) is 5.02 Å². The fourth-order valence-corrected chi connectivity index (χ4v) is 1.55. The number of nitrogens with one attached hydrogen (secondary N) is 1. The van der Waals surface area contributed by atoms with Gasteiger partial charge in [-0.1, -0.05) is 30.7 Å². The number of esters is 1. The van der Waals surface area contributed by atoms with Crippen molar-refractivity contribution < 1.29 is 9.53 Å². The van der Waals surface area contributed by atoms with E-state index in [1.165, 1.54) is 0 Å². The van der Waals surface area contributed by atoms with Gasteiger partial charge in [-0.15, -0.1) is 0 Å². The topological polar surface area (TPSA) is 38.3 Å². The average molecular weight is 242 g/mol. The molecule has 1 atom stereocenters. The molecular formula is C12H16ClNO2. The molecule has 4 heteroatoms. The lowest BCUT2D eigenvalue weighted by Gasteiger charge is -2.16. The maximum Gasteiger partial charge on any atom is 0.327 e. The van der Waals surface area contributed by atoms with Crippen LogP contribution in [0.3, 0.4) is 0 Å². The molecule has 0 amide bonds. The van der Waals surface area contributed by atoms with E-state index in [1.807, 2.05) is 19.1 Å². The zero-order valence-corrected chi connectivity index (χ0v) is 10.3. The highest BCUT2D eigenvalue weighted by Crippen LogP contribution is 2.17. The molecule has 1 N–H and O–H groups in total. The molecule has 0 saturated heterocycles. The fourth-order valence-electron chi connectivity index (χ4n) is 1.42. The Hall–Kier alpha value is -1.06. The van der Waals surface area contributed by atoms with Gasteiger partial charge in [0.1, 0.15) is 6.04 Å². The van der Waals surface area contributed by atoms with Gasteiger partial charge in [-0.3, -0.25) is 0 Å². The third-order valence-corrected chi connectivity index (χ3v) is 2.39. The minimum absolute atomic E-state index is 0.258. The minimum Gasteiger partial charge on any atom is -0.465 e. The highest BCUT2D eigenvalue weighted by atomic mass is 35.5. The number of hydrogen-bond acceptors (Lipinski definition) is 3. The number of halogens is 1. The monoisotopic (exact) mass is 241 g/mol. The quantitative estimate of drug-likeness (QED) is 0.806. The van der Waals surface area contributed by atoms with Crippen molar-refractivity contribution in [3.05, 3.63) is 34.9 Å². The summed E-state index contributed by atoms with van der Waals surface area (Å²) >= 11 is 5.80. The van der Waals surface area contributed by atoms with Crippen LogP contribution < -0.4 is 5.32 Å². The highest BCUT2D eigenvalue weighted by molar-refractivity contribution is 6.30. The van der Waals surface area contributed by atoms with E-state index in [0.717, 1.165) is 5.56 Å². The SMILES string of the molecule is CCNC(C(=O)OCC)c1ccc(Cl)cc1. The molecule has 0 fully saturated rings. The van der Waals surface area contributed by atoms with Gasteiger partial charge in [0.15, 0.2) is 0 Å². The molecule has 1 aromatic carbocycles. The summed E-state index contributed by atoms with van der Waals surface area (Å²) in [5.74, 6) is -0.258. The fraction of sp³-hybridized carbons (Fsp3) is 0.417. The molecule has 0 radical (unpaired) electrons. The minimum atomic E-state index is -0.415. The first-order valence-electron chi connectivity index (χ1n) is 5.34. The maximum atomic E-state index is 11.7. The summed E-state index contributed by atoms with van der Waals surface area (Å²) in [5, 5.41) is 3.74. The Bertz CT molecular complexity index is 337. The first kappa shape index (κ1) is 13.0. The first-order chi connectivity index (χ1) is 7.69. The molecule has 0 saturated carbocycles. The van der Waals surface area contributed by atoms with Crippen LogP contribution in [0.1, 0.15) is 25.5 Å². The van der Waals surface area contributed by atoms with Crippen molar-refractivity contribution >= 4 is 17.6 Å². The summed E-state index contributed by atoms with van der Waals surface area (Å²) in [6.07, 6.45) is 0. The standard InChI is InChI=1S/C12H16ClNO2/c1-3-14-11(12(15)16-4-2)9-5-7-10(13)8-6-9/h5-8,11,14H,3-4H2,1-2H3. The Morgan fingerprint density at radius 3 is 2.50 bits per heavy atom. The van der Waals surface area contributed by atoms with Crippen molar-refractivity contribution in [3.63, 3.8) is 0 Å². The number of ether oxygens (including phenoxy) is 1. The van der Waals surface area contributed by atoms with Gasteiger partial charge in [0.25, 0.3) is 0 Å². The molecule has 0 aliphatic heterocycles. The maximum absolute atomic E-state index is 11.7. The molecule has 0 aliphatic rings. The number of likely N-dealkylation sites (N-methyl/N-ethyl adjacent to an activating group) is 1. The molecule has 16 heavy (non-hydrogen) atoms. The number of benzene rings is 1. The Morgan fingerprint density at radius 1 is 1.38 bits per heavy atom. The molecule has 88 valence electrons.